The molecule has 0 aliphatic heterocycles. The third kappa shape index (κ3) is 5.91. The Hall–Kier alpha value is -3.73. The minimum Gasteiger partial charge on any atom is -0.492 e. The molecule has 4 rings (SSSR count). The summed E-state index contributed by atoms with van der Waals surface area (Å²) in [6.07, 6.45) is 1.10. The second kappa shape index (κ2) is 10.9. The van der Waals surface area contributed by atoms with Crippen LogP contribution in [0.25, 0.3) is 10.9 Å². The number of carbonyl (C=O) groups is 1. The van der Waals surface area contributed by atoms with Gasteiger partial charge in [0.2, 0.25) is 15.5 Å². The average Bonchev–Trinajstić information content (AvgIpc) is 2.87. The van der Waals surface area contributed by atoms with Gasteiger partial charge in [0, 0.05) is 24.3 Å². The lowest BCUT2D eigenvalue weighted by molar-refractivity contribution is 0.0949. The second-order valence-corrected chi connectivity index (χ2v) is 9.93. The summed E-state index contributed by atoms with van der Waals surface area (Å²) < 4.78 is 47.9. The molecule has 36 heavy (non-hydrogen) atoms. The van der Waals surface area contributed by atoms with Gasteiger partial charge in [-0.25, -0.2) is 17.5 Å². The Morgan fingerprint density at radius 3 is 2.50 bits per heavy atom. The lowest BCUT2D eigenvalue weighted by atomic mass is 10.1. The van der Waals surface area contributed by atoms with Gasteiger partial charge in [-0.05, 0) is 42.0 Å². The zero-order valence-corrected chi connectivity index (χ0v) is 20.3. The number of amides is 1. The van der Waals surface area contributed by atoms with E-state index in [9.17, 15) is 22.4 Å². The van der Waals surface area contributed by atoms with Crippen molar-refractivity contribution < 1.29 is 22.3 Å². The quantitative estimate of drug-likeness (QED) is 0.286. The minimum absolute atomic E-state index is 0.0395. The molecule has 0 bridgehead atoms. The van der Waals surface area contributed by atoms with Crippen molar-refractivity contribution in [2.75, 3.05) is 13.2 Å². The number of pyridine rings is 1. The third-order valence-electron chi connectivity index (χ3n) is 5.24. The van der Waals surface area contributed by atoms with Crippen LogP contribution in [0.2, 0.25) is 5.02 Å². The lowest BCUT2D eigenvalue weighted by Crippen LogP contribution is -2.30. The maximum atomic E-state index is 14.7. The van der Waals surface area contributed by atoms with E-state index >= 15 is 0 Å². The van der Waals surface area contributed by atoms with E-state index in [1.54, 1.807) is 48.5 Å². The van der Waals surface area contributed by atoms with E-state index < -0.39 is 32.1 Å². The molecule has 3 aromatic carbocycles. The van der Waals surface area contributed by atoms with Crippen molar-refractivity contribution in [1.82, 2.24) is 15.0 Å². The fraction of sp³-hybridized carbons (Fsp3) is 0.120. The van der Waals surface area contributed by atoms with Crippen molar-refractivity contribution >= 4 is 38.4 Å². The molecule has 0 saturated heterocycles. The summed E-state index contributed by atoms with van der Waals surface area (Å²) in [7, 11) is -4.16. The first kappa shape index (κ1) is 25.4. The number of rotatable bonds is 9. The Labute approximate surface area is 211 Å². The molecule has 0 unspecified atom stereocenters. The third-order valence-corrected chi connectivity index (χ3v) is 6.93. The molecule has 0 saturated carbocycles. The van der Waals surface area contributed by atoms with E-state index in [0.717, 1.165) is 23.9 Å². The first-order chi connectivity index (χ1) is 17.2. The number of aromatic nitrogens is 1. The Kier molecular flexibility index (Phi) is 7.68. The van der Waals surface area contributed by atoms with Crippen LogP contribution >= 0.6 is 11.6 Å². The van der Waals surface area contributed by atoms with Gasteiger partial charge in [-0.2, -0.15) is 0 Å². The number of sulfonamides is 1. The SMILES string of the molecule is O=C(NCc1ccc(Cl)cc1)c1c[nH]c2c(F)cc(S(=O)(=O)NCCOc3ccccc3)cc2c1=O. The molecule has 186 valence electrons. The standard InChI is InChI=1S/C25H21ClFN3O5S/c26-17-8-6-16(7-9-17)14-29-25(32)21-15-28-23-20(24(21)31)12-19(13-22(23)27)36(33,34)30-10-11-35-18-4-2-1-3-5-18/h1-9,12-13,15,30H,10-11,14H2,(H,28,31)(H,29,32). The van der Waals surface area contributed by atoms with Gasteiger partial charge in [0.05, 0.1) is 15.8 Å². The fourth-order valence-electron chi connectivity index (χ4n) is 3.41. The molecule has 8 nitrogen and oxygen atoms in total. The molecule has 1 heterocycles. The van der Waals surface area contributed by atoms with Crippen LogP contribution in [0.1, 0.15) is 15.9 Å². The minimum atomic E-state index is -4.16. The Morgan fingerprint density at radius 1 is 1.06 bits per heavy atom. The first-order valence-corrected chi connectivity index (χ1v) is 12.7. The van der Waals surface area contributed by atoms with E-state index in [-0.39, 0.29) is 36.2 Å². The molecule has 0 spiro atoms. The number of aromatic amines is 1. The predicted octanol–water partition coefficient (Wildman–Crippen LogP) is 3.61. The van der Waals surface area contributed by atoms with E-state index in [4.69, 9.17) is 16.3 Å². The Bertz CT molecular complexity index is 1560. The van der Waals surface area contributed by atoms with E-state index in [0.29, 0.717) is 10.8 Å². The zero-order valence-electron chi connectivity index (χ0n) is 18.8. The average molecular weight is 530 g/mol. The van der Waals surface area contributed by atoms with Crippen molar-refractivity contribution in [3.63, 3.8) is 0 Å². The molecule has 0 fully saturated rings. The predicted molar refractivity (Wildman–Crippen MR) is 134 cm³/mol. The number of carbonyl (C=O) groups excluding carboxylic acids is 1. The van der Waals surface area contributed by atoms with Crippen LogP contribution in [0, 0.1) is 5.82 Å². The molecule has 0 radical (unpaired) electrons. The van der Waals surface area contributed by atoms with Gasteiger partial charge in [0.25, 0.3) is 5.91 Å². The molecular formula is C25H21ClFN3O5S. The molecular weight excluding hydrogens is 509 g/mol. The molecule has 1 aromatic heterocycles. The first-order valence-electron chi connectivity index (χ1n) is 10.8. The number of ether oxygens (including phenoxy) is 1. The van der Waals surface area contributed by atoms with Crippen molar-refractivity contribution in [1.29, 1.82) is 0 Å². The van der Waals surface area contributed by atoms with E-state index in [1.807, 2.05) is 6.07 Å². The Morgan fingerprint density at radius 2 is 1.78 bits per heavy atom. The maximum absolute atomic E-state index is 14.7. The number of halogens is 2. The topological polar surface area (TPSA) is 117 Å². The van der Waals surface area contributed by atoms with Gasteiger partial charge in [-0.1, -0.05) is 41.9 Å². The van der Waals surface area contributed by atoms with Crippen LogP contribution in [0.4, 0.5) is 4.39 Å². The molecule has 11 heteroatoms. The number of hydrogen-bond acceptors (Lipinski definition) is 5. The van der Waals surface area contributed by atoms with E-state index in [2.05, 4.69) is 15.0 Å². The molecule has 0 aliphatic rings. The van der Waals surface area contributed by atoms with Crippen LogP contribution in [0.15, 0.2) is 82.6 Å². The second-order valence-electron chi connectivity index (χ2n) is 7.73. The van der Waals surface area contributed by atoms with Gasteiger partial charge in [-0.3, -0.25) is 9.59 Å². The number of nitrogens with one attached hydrogen (secondary N) is 3. The Balaban J connectivity index is 1.51. The van der Waals surface area contributed by atoms with Crippen LogP contribution in [0.3, 0.4) is 0 Å². The molecule has 0 aliphatic carbocycles. The molecule has 3 N–H and O–H groups in total. The zero-order chi connectivity index (χ0) is 25.7. The van der Waals surface area contributed by atoms with Crippen LogP contribution < -0.4 is 20.2 Å². The number of benzene rings is 3. The summed E-state index contributed by atoms with van der Waals surface area (Å²) in [4.78, 5) is 27.7. The summed E-state index contributed by atoms with van der Waals surface area (Å²) in [6, 6.07) is 17.4. The van der Waals surface area contributed by atoms with Crippen LogP contribution in [-0.4, -0.2) is 32.5 Å². The van der Waals surface area contributed by atoms with Crippen molar-refractivity contribution in [3.05, 3.63) is 105 Å². The summed E-state index contributed by atoms with van der Waals surface area (Å²) in [5.74, 6) is -1.07. The highest BCUT2D eigenvalue weighted by molar-refractivity contribution is 7.89. The van der Waals surface area contributed by atoms with Crippen molar-refractivity contribution in [2.24, 2.45) is 0 Å². The number of fused-ring (bicyclic) bond motifs is 1. The number of hydrogen-bond donors (Lipinski definition) is 3. The van der Waals surface area contributed by atoms with Crippen molar-refractivity contribution in [3.8, 4) is 5.75 Å². The normalized spacial score (nSPS) is 11.4. The largest absolute Gasteiger partial charge is 0.492 e. The summed E-state index contributed by atoms with van der Waals surface area (Å²) >= 11 is 5.85. The summed E-state index contributed by atoms with van der Waals surface area (Å²) in [5.41, 5.74) is -0.539. The highest BCUT2D eigenvalue weighted by Crippen LogP contribution is 2.20. The fourth-order valence-corrected chi connectivity index (χ4v) is 4.59. The summed E-state index contributed by atoms with van der Waals surface area (Å²) in [6.45, 7) is 0.0868. The highest BCUT2D eigenvalue weighted by atomic mass is 35.5. The molecule has 1 amide bonds. The highest BCUT2D eigenvalue weighted by Gasteiger charge is 2.20. The van der Waals surface area contributed by atoms with Crippen LogP contribution in [0.5, 0.6) is 5.75 Å². The smallest absolute Gasteiger partial charge is 0.257 e. The molecule has 0 atom stereocenters. The maximum Gasteiger partial charge on any atom is 0.257 e. The van der Waals surface area contributed by atoms with Gasteiger partial charge in [0.15, 0.2) is 0 Å². The van der Waals surface area contributed by atoms with E-state index in [1.165, 1.54) is 0 Å². The monoisotopic (exact) mass is 529 g/mol. The van der Waals surface area contributed by atoms with Gasteiger partial charge < -0.3 is 15.0 Å². The van der Waals surface area contributed by atoms with Gasteiger partial charge in [-0.15, -0.1) is 0 Å². The van der Waals surface area contributed by atoms with Crippen molar-refractivity contribution in [2.45, 2.75) is 11.4 Å². The van der Waals surface area contributed by atoms with Gasteiger partial charge >= 0.3 is 0 Å². The van der Waals surface area contributed by atoms with Crippen LogP contribution in [-0.2, 0) is 16.6 Å². The lowest BCUT2D eigenvalue weighted by Gasteiger charge is -2.10. The molecule has 4 aromatic rings. The number of para-hydroxylation sites is 1. The van der Waals surface area contributed by atoms with Gasteiger partial charge in [0.1, 0.15) is 23.7 Å². The number of H-pyrrole nitrogens is 1. The summed E-state index contributed by atoms with van der Waals surface area (Å²) in [5, 5.41) is 2.88.